The first kappa shape index (κ1) is 9.78. The Kier molecular flexibility index (Phi) is 2.72. The molecular formula is C8H10N4O3. The molecular weight excluding hydrogens is 200 g/mol. The van der Waals surface area contributed by atoms with E-state index in [0.29, 0.717) is 23.6 Å². The van der Waals surface area contributed by atoms with Crippen molar-refractivity contribution in [1.29, 1.82) is 0 Å². The summed E-state index contributed by atoms with van der Waals surface area (Å²) in [6.07, 6.45) is 0. The van der Waals surface area contributed by atoms with Gasteiger partial charge in [0.25, 0.3) is 0 Å². The molecule has 0 saturated carbocycles. The molecule has 2 aromatic rings. The molecule has 2 rings (SSSR count). The maximum atomic E-state index is 5.24. The van der Waals surface area contributed by atoms with Gasteiger partial charge in [-0.15, -0.1) is 20.4 Å². The van der Waals surface area contributed by atoms with Crippen LogP contribution in [0.5, 0.6) is 0 Å². The Hall–Kier alpha value is -1.76. The molecule has 2 heterocycles. The summed E-state index contributed by atoms with van der Waals surface area (Å²) in [6, 6.07) is 0. The Balaban J connectivity index is 1.80. The summed E-state index contributed by atoms with van der Waals surface area (Å²) in [7, 11) is 0. The quantitative estimate of drug-likeness (QED) is 0.736. The topological polar surface area (TPSA) is 87.1 Å². The Labute approximate surface area is 85.5 Å². The highest BCUT2D eigenvalue weighted by atomic mass is 16.5. The van der Waals surface area contributed by atoms with Crippen molar-refractivity contribution < 1.29 is 13.6 Å². The fourth-order valence-electron chi connectivity index (χ4n) is 1.02. The zero-order chi connectivity index (χ0) is 10.7. The highest BCUT2D eigenvalue weighted by Crippen LogP contribution is 2.03. The molecule has 7 nitrogen and oxygen atoms in total. The van der Waals surface area contributed by atoms with Crippen molar-refractivity contribution in [2.45, 2.75) is 27.1 Å². The fraction of sp³-hybridized carbons (Fsp3) is 0.500. The average Bonchev–Trinajstić information content (AvgIpc) is 2.76. The second-order valence-electron chi connectivity index (χ2n) is 2.92. The summed E-state index contributed by atoms with van der Waals surface area (Å²) in [5, 5.41) is 14.9. The molecule has 80 valence electrons. The molecule has 0 aliphatic rings. The predicted molar refractivity (Wildman–Crippen MR) is 46.6 cm³/mol. The van der Waals surface area contributed by atoms with Crippen molar-refractivity contribution in [2.75, 3.05) is 0 Å². The Morgan fingerprint density at radius 3 is 1.67 bits per heavy atom. The van der Waals surface area contributed by atoms with Crippen LogP contribution in [-0.4, -0.2) is 20.4 Å². The molecule has 0 spiro atoms. The Morgan fingerprint density at radius 1 is 0.867 bits per heavy atom. The van der Waals surface area contributed by atoms with E-state index < -0.39 is 0 Å². The van der Waals surface area contributed by atoms with Crippen LogP contribution in [0.2, 0.25) is 0 Å². The molecule has 0 N–H and O–H groups in total. The SMILES string of the molecule is Cc1nnc(COCc2nnc(C)o2)o1. The highest BCUT2D eigenvalue weighted by Gasteiger charge is 2.05. The van der Waals surface area contributed by atoms with E-state index in [1.165, 1.54) is 0 Å². The van der Waals surface area contributed by atoms with Gasteiger partial charge in [0.2, 0.25) is 23.6 Å². The predicted octanol–water partition coefficient (Wildman–Crippen LogP) is 0.786. The molecule has 0 unspecified atom stereocenters. The minimum atomic E-state index is 0.238. The number of ether oxygens (including phenoxy) is 1. The van der Waals surface area contributed by atoms with Crippen molar-refractivity contribution in [1.82, 2.24) is 20.4 Å². The number of rotatable bonds is 4. The van der Waals surface area contributed by atoms with Gasteiger partial charge in [-0.3, -0.25) is 0 Å². The summed E-state index contributed by atoms with van der Waals surface area (Å²) in [5.74, 6) is 1.90. The molecule has 0 amide bonds. The third-order valence-corrected chi connectivity index (χ3v) is 1.59. The zero-order valence-electron chi connectivity index (χ0n) is 8.43. The Morgan fingerprint density at radius 2 is 1.33 bits per heavy atom. The van der Waals surface area contributed by atoms with Crippen molar-refractivity contribution in [3.05, 3.63) is 23.6 Å². The molecule has 7 heteroatoms. The monoisotopic (exact) mass is 210 g/mol. The first-order chi connectivity index (χ1) is 7.24. The van der Waals surface area contributed by atoms with Gasteiger partial charge in [0, 0.05) is 13.8 Å². The molecule has 0 aliphatic carbocycles. The van der Waals surface area contributed by atoms with Gasteiger partial charge in [-0.05, 0) is 0 Å². The van der Waals surface area contributed by atoms with E-state index >= 15 is 0 Å². The molecule has 0 aliphatic heterocycles. The van der Waals surface area contributed by atoms with Crippen LogP contribution in [0.15, 0.2) is 8.83 Å². The van der Waals surface area contributed by atoms with Crippen molar-refractivity contribution in [3.8, 4) is 0 Å². The van der Waals surface area contributed by atoms with Crippen LogP contribution in [0.1, 0.15) is 23.6 Å². The standard InChI is InChI=1S/C8H10N4O3/c1-5-9-11-7(14-5)3-13-4-8-12-10-6(2)15-8/h3-4H2,1-2H3. The summed E-state index contributed by atoms with van der Waals surface area (Å²) in [4.78, 5) is 0. The maximum Gasteiger partial charge on any atom is 0.242 e. The largest absolute Gasteiger partial charge is 0.423 e. The van der Waals surface area contributed by atoms with Gasteiger partial charge in [0.05, 0.1) is 0 Å². The van der Waals surface area contributed by atoms with Gasteiger partial charge in [0.15, 0.2) is 0 Å². The van der Waals surface area contributed by atoms with Crippen LogP contribution in [0.25, 0.3) is 0 Å². The molecule has 15 heavy (non-hydrogen) atoms. The van der Waals surface area contributed by atoms with E-state index in [1.807, 2.05) is 0 Å². The van der Waals surface area contributed by atoms with Gasteiger partial charge >= 0.3 is 0 Å². The number of hydrogen-bond donors (Lipinski definition) is 0. The smallest absolute Gasteiger partial charge is 0.242 e. The van der Waals surface area contributed by atoms with Crippen molar-refractivity contribution >= 4 is 0 Å². The number of hydrogen-bond acceptors (Lipinski definition) is 7. The van der Waals surface area contributed by atoms with Crippen LogP contribution >= 0.6 is 0 Å². The van der Waals surface area contributed by atoms with Gasteiger partial charge in [-0.1, -0.05) is 0 Å². The van der Waals surface area contributed by atoms with Crippen LogP contribution < -0.4 is 0 Å². The molecule has 2 aromatic heterocycles. The summed E-state index contributed by atoms with van der Waals surface area (Å²) >= 11 is 0. The number of nitrogens with zero attached hydrogens (tertiary/aromatic N) is 4. The maximum absolute atomic E-state index is 5.24. The minimum absolute atomic E-state index is 0.238. The van der Waals surface area contributed by atoms with E-state index in [-0.39, 0.29) is 13.2 Å². The minimum Gasteiger partial charge on any atom is -0.423 e. The first-order valence-electron chi connectivity index (χ1n) is 4.40. The normalized spacial score (nSPS) is 10.8. The molecule has 0 atom stereocenters. The third-order valence-electron chi connectivity index (χ3n) is 1.59. The highest BCUT2D eigenvalue weighted by molar-refractivity contribution is 4.78. The first-order valence-corrected chi connectivity index (χ1v) is 4.40. The summed E-state index contributed by atoms with van der Waals surface area (Å²) in [6.45, 7) is 3.92. The van der Waals surface area contributed by atoms with Crippen molar-refractivity contribution in [3.63, 3.8) is 0 Å². The molecule has 0 fully saturated rings. The van der Waals surface area contributed by atoms with E-state index in [1.54, 1.807) is 13.8 Å². The summed E-state index contributed by atoms with van der Waals surface area (Å²) in [5.41, 5.74) is 0. The summed E-state index contributed by atoms with van der Waals surface area (Å²) < 4.78 is 15.5. The van der Waals surface area contributed by atoms with Gasteiger partial charge in [-0.25, -0.2) is 0 Å². The lowest BCUT2D eigenvalue weighted by Crippen LogP contribution is -1.94. The van der Waals surface area contributed by atoms with Crippen LogP contribution in [0.3, 0.4) is 0 Å². The zero-order valence-corrected chi connectivity index (χ0v) is 8.43. The lowest BCUT2D eigenvalue weighted by atomic mass is 10.6. The van der Waals surface area contributed by atoms with Gasteiger partial charge in [-0.2, -0.15) is 0 Å². The van der Waals surface area contributed by atoms with Crippen LogP contribution in [0.4, 0.5) is 0 Å². The second kappa shape index (κ2) is 4.18. The number of aromatic nitrogens is 4. The van der Waals surface area contributed by atoms with Crippen LogP contribution in [-0.2, 0) is 18.0 Å². The molecule has 0 bridgehead atoms. The van der Waals surface area contributed by atoms with Crippen molar-refractivity contribution in [2.24, 2.45) is 0 Å². The van der Waals surface area contributed by atoms with Gasteiger partial charge < -0.3 is 13.6 Å². The fourth-order valence-corrected chi connectivity index (χ4v) is 1.02. The van der Waals surface area contributed by atoms with E-state index in [2.05, 4.69) is 20.4 Å². The second-order valence-corrected chi connectivity index (χ2v) is 2.92. The van der Waals surface area contributed by atoms with E-state index in [0.717, 1.165) is 0 Å². The Bertz CT molecular complexity index is 396. The molecule has 0 radical (unpaired) electrons. The number of aryl methyl sites for hydroxylation is 2. The lowest BCUT2D eigenvalue weighted by Gasteiger charge is -1.95. The van der Waals surface area contributed by atoms with Crippen LogP contribution in [0, 0.1) is 13.8 Å². The molecule has 0 aromatic carbocycles. The van der Waals surface area contributed by atoms with E-state index in [4.69, 9.17) is 13.6 Å². The van der Waals surface area contributed by atoms with Gasteiger partial charge in [0.1, 0.15) is 13.2 Å². The lowest BCUT2D eigenvalue weighted by molar-refractivity contribution is 0.0731. The molecule has 0 saturated heterocycles. The third kappa shape index (κ3) is 2.59. The van der Waals surface area contributed by atoms with E-state index in [9.17, 15) is 0 Å². The average molecular weight is 210 g/mol.